The van der Waals surface area contributed by atoms with Crippen molar-refractivity contribution in [1.82, 2.24) is 0 Å². The molecule has 1 aliphatic rings. The van der Waals surface area contributed by atoms with Crippen LogP contribution in [0.4, 0.5) is 5.69 Å². The molecule has 3 nitrogen and oxygen atoms in total. The van der Waals surface area contributed by atoms with Gasteiger partial charge in [-0.2, -0.15) is 5.26 Å². The van der Waals surface area contributed by atoms with Crippen molar-refractivity contribution in [1.29, 1.82) is 5.26 Å². The van der Waals surface area contributed by atoms with Crippen LogP contribution in [0, 0.1) is 18.3 Å². The molecule has 0 amide bonds. The fourth-order valence-corrected chi connectivity index (χ4v) is 2.54. The lowest BCUT2D eigenvalue weighted by Crippen LogP contribution is -2.45. The van der Waals surface area contributed by atoms with E-state index in [4.69, 9.17) is 11.0 Å². The number of benzene rings is 1. The van der Waals surface area contributed by atoms with Gasteiger partial charge < -0.3 is 10.6 Å². The Balaban J connectivity index is 2.23. The molecule has 2 atom stereocenters. The molecular weight excluding hydrogens is 210 g/mol. The Bertz CT molecular complexity index is 447. The minimum atomic E-state index is 0.334. The Morgan fingerprint density at radius 2 is 2.24 bits per heavy atom. The predicted molar refractivity (Wildman–Crippen MR) is 69.9 cm³/mol. The maximum Gasteiger partial charge on any atom is 0.0994 e. The molecule has 0 saturated carbocycles. The SMILES string of the molecule is Cc1cc(N2CCC(N)CC2C)ccc1C#N. The van der Waals surface area contributed by atoms with E-state index in [0.29, 0.717) is 12.1 Å². The van der Waals surface area contributed by atoms with Crippen molar-refractivity contribution in [3.63, 3.8) is 0 Å². The summed E-state index contributed by atoms with van der Waals surface area (Å²) in [5.41, 5.74) is 8.99. The van der Waals surface area contributed by atoms with Crippen LogP contribution in [-0.4, -0.2) is 18.6 Å². The molecule has 0 spiro atoms. The van der Waals surface area contributed by atoms with Crippen molar-refractivity contribution in [3.05, 3.63) is 29.3 Å². The van der Waals surface area contributed by atoms with Gasteiger partial charge in [0.1, 0.15) is 0 Å². The first kappa shape index (κ1) is 11.9. The first-order chi connectivity index (χ1) is 8.11. The van der Waals surface area contributed by atoms with Crippen LogP contribution in [0.15, 0.2) is 18.2 Å². The Labute approximate surface area is 103 Å². The lowest BCUT2D eigenvalue weighted by atomic mass is 9.97. The molecule has 1 aromatic rings. The van der Waals surface area contributed by atoms with Crippen LogP contribution < -0.4 is 10.6 Å². The van der Waals surface area contributed by atoms with Gasteiger partial charge in [-0.05, 0) is 50.5 Å². The van der Waals surface area contributed by atoms with E-state index in [0.717, 1.165) is 30.5 Å². The largest absolute Gasteiger partial charge is 0.369 e. The second kappa shape index (κ2) is 4.77. The molecule has 17 heavy (non-hydrogen) atoms. The molecular formula is C14H19N3. The summed E-state index contributed by atoms with van der Waals surface area (Å²) in [5, 5.41) is 8.93. The average molecular weight is 229 g/mol. The third-order valence-corrected chi connectivity index (χ3v) is 3.58. The van der Waals surface area contributed by atoms with E-state index in [9.17, 15) is 0 Å². The van der Waals surface area contributed by atoms with E-state index in [2.05, 4.69) is 24.0 Å². The van der Waals surface area contributed by atoms with E-state index < -0.39 is 0 Å². The van der Waals surface area contributed by atoms with E-state index in [1.165, 1.54) is 5.69 Å². The van der Waals surface area contributed by atoms with Crippen molar-refractivity contribution >= 4 is 5.69 Å². The Hall–Kier alpha value is -1.53. The van der Waals surface area contributed by atoms with E-state index in [1.54, 1.807) is 0 Å². The molecule has 90 valence electrons. The number of hydrogen-bond donors (Lipinski definition) is 1. The highest BCUT2D eigenvalue weighted by Gasteiger charge is 2.23. The van der Waals surface area contributed by atoms with Crippen LogP contribution >= 0.6 is 0 Å². The average Bonchev–Trinajstić information content (AvgIpc) is 2.29. The van der Waals surface area contributed by atoms with Crippen molar-refractivity contribution in [2.24, 2.45) is 5.73 Å². The van der Waals surface area contributed by atoms with Gasteiger partial charge in [0, 0.05) is 24.3 Å². The maximum absolute atomic E-state index is 8.93. The molecule has 0 bridgehead atoms. The van der Waals surface area contributed by atoms with Gasteiger partial charge in [-0.1, -0.05) is 0 Å². The molecule has 2 rings (SSSR count). The zero-order valence-corrected chi connectivity index (χ0v) is 10.5. The smallest absolute Gasteiger partial charge is 0.0994 e. The molecule has 3 heteroatoms. The molecule has 0 aliphatic carbocycles. The first-order valence-electron chi connectivity index (χ1n) is 6.15. The maximum atomic E-state index is 8.93. The summed E-state index contributed by atoms with van der Waals surface area (Å²) in [5.74, 6) is 0. The van der Waals surface area contributed by atoms with Gasteiger partial charge in [0.15, 0.2) is 0 Å². The molecule has 2 unspecified atom stereocenters. The van der Waals surface area contributed by atoms with Gasteiger partial charge in [-0.15, -0.1) is 0 Å². The molecule has 1 fully saturated rings. The number of anilines is 1. The lowest BCUT2D eigenvalue weighted by molar-refractivity contribution is 0.430. The number of nitrogens with zero attached hydrogens (tertiary/aromatic N) is 2. The number of piperidine rings is 1. The Kier molecular flexibility index (Phi) is 3.35. The van der Waals surface area contributed by atoms with Crippen molar-refractivity contribution < 1.29 is 0 Å². The van der Waals surface area contributed by atoms with Crippen LogP contribution in [0.2, 0.25) is 0 Å². The second-order valence-electron chi connectivity index (χ2n) is 4.94. The van der Waals surface area contributed by atoms with Crippen molar-refractivity contribution in [2.75, 3.05) is 11.4 Å². The van der Waals surface area contributed by atoms with Gasteiger partial charge in [-0.25, -0.2) is 0 Å². The number of hydrogen-bond acceptors (Lipinski definition) is 3. The Morgan fingerprint density at radius 1 is 1.47 bits per heavy atom. The summed E-state index contributed by atoms with van der Waals surface area (Å²) in [4.78, 5) is 2.39. The first-order valence-corrected chi connectivity index (χ1v) is 6.15. The summed E-state index contributed by atoms with van der Waals surface area (Å²) < 4.78 is 0. The minimum Gasteiger partial charge on any atom is -0.369 e. The van der Waals surface area contributed by atoms with Crippen LogP contribution in [-0.2, 0) is 0 Å². The molecule has 0 radical (unpaired) electrons. The fourth-order valence-electron chi connectivity index (χ4n) is 2.54. The zero-order chi connectivity index (χ0) is 12.4. The van der Waals surface area contributed by atoms with Gasteiger partial charge >= 0.3 is 0 Å². The summed E-state index contributed by atoms with van der Waals surface area (Å²) in [6, 6.07) is 9.07. The van der Waals surface area contributed by atoms with Crippen LogP contribution in [0.5, 0.6) is 0 Å². The highest BCUT2D eigenvalue weighted by atomic mass is 15.2. The molecule has 1 saturated heterocycles. The molecule has 2 N–H and O–H groups in total. The van der Waals surface area contributed by atoms with E-state index in [1.807, 2.05) is 19.1 Å². The lowest BCUT2D eigenvalue weighted by Gasteiger charge is -2.38. The van der Waals surface area contributed by atoms with Gasteiger partial charge in [0.25, 0.3) is 0 Å². The number of nitriles is 1. The predicted octanol–water partition coefficient (Wildman–Crippen LogP) is 2.18. The summed E-state index contributed by atoms with van der Waals surface area (Å²) in [6.07, 6.45) is 2.09. The van der Waals surface area contributed by atoms with Gasteiger partial charge in [-0.3, -0.25) is 0 Å². The van der Waals surface area contributed by atoms with Gasteiger partial charge in [0.05, 0.1) is 11.6 Å². The topological polar surface area (TPSA) is 53.0 Å². The minimum absolute atomic E-state index is 0.334. The summed E-state index contributed by atoms with van der Waals surface area (Å²) in [7, 11) is 0. The number of nitrogens with two attached hydrogens (primary N) is 1. The number of aryl methyl sites for hydroxylation is 1. The summed E-state index contributed by atoms with van der Waals surface area (Å²) >= 11 is 0. The van der Waals surface area contributed by atoms with Crippen molar-refractivity contribution in [3.8, 4) is 6.07 Å². The molecule has 1 heterocycles. The van der Waals surface area contributed by atoms with E-state index >= 15 is 0 Å². The zero-order valence-electron chi connectivity index (χ0n) is 10.5. The second-order valence-corrected chi connectivity index (χ2v) is 4.94. The monoisotopic (exact) mass is 229 g/mol. The Morgan fingerprint density at radius 3 is 2.82 bits per heavy atom. The normalized spacial score (nSPS) is 24.5. The molecule has 0 aromatic heterocycles. The third kappa shape index (κ3) is 2.42. The van der Waals surface area contributed by atoms with Crippen LogP contribution in [0.1, 0.15) is 30.9 Å². The van der Waals surface area contributed by atoms with Gasteiger partial charge in [0.2, 0.25) is 0 Å². The van der Waals surface area contributed by atoms with Crippen LogP contribution in [0.3, 0.4) is 0 Å². The van der Waals surface area contributed by atoms with E-state index in [-0.39, 0.29) is 0 Å². The molecule has 1 aromatic carbocycles. The summed E-state index contributed by atoms with van der Waals surface area (Å²) in [6.45, 7) is 5.21. The van der Waals surface area contributed by atoms with Crippen LogP contribution in [0.25, 0.3) is 0 Å². The highest BCUT2D eigenvalue weighted by molar-refractivity contribution is 5.54. The fraction of sp³-hybridized carbons (Fsp3) is 0.500. The third-order valence-electron chi connectivity index (χ3n) is 3.58. The molecule has 1 aliphatic heterocycles. The standard InChI is InChI=1S/C14H19N3/c1-10-7-14(4-3-12(10)9-15)17-6-5-13(16)8-11(17)2/h3-4,7,11,13H,5-6,8,16H2,1-2H3. The highest BCUT2D eigenvalue weighted by Crippen LogP contribution is 2.25. The van der Waals surface area contributed by atoms with Crippen molar-refractivity contribution in [2.45, 2.75) is 38.8 Å². The quantitative estimate of drug-likeness (QED) is 0.803. The number of rotatable bonds is 1.